The zero-order valence-electron chi connectivity index (χ0n) is 10.6. The maximum atomic E-state index is 12.0. The van der Waals surface area contributed by atoms with Gasteiger partial charge in [-0.2, -0.15) is 0 Å². The van der Waals surface area contributed by atoms with Gasteiger partial charge in [-0.25, -0.2) is 0 Å². The first-order chi connectivity index (χ1) is 8.66. The molecule has 1 atom stereocenters. The van der Waals surface area contributed by atoms with Gasteiger partial charge in [0.25, 0.3) is 5.91 Å². The Hall–Kier alpha value is -1.06. The minimum atomic E-state index is -0.0343. The normalized spacial score (nSPS) is 18.9. The second-order valence-electron chi connectivity index (χ2n) is 4.80. The maximum Gasteiger partial charge on any atom is 0.251 e. The van der Waals surface area contributed by atoms with Crippen molar-refractivity contribution in [3.8, 4) is 0 Å². The number of hydrogen-bond donors (Lipinski definition) is 2. The number of carbonyl (C=O) groups excluding carboxylic acids is 1. The fourth-order valence-electron chi connectivity index (χ4n) is 2.30. The Morgan fingerprint density at radius 2 is 2.39 bits per heavy atom. The van der Waals surface area contributed by atoms with Gasteiger partial charge in [-0.05, 0) is 50.4 Å². The summed E-state index contributed by atoms with van der Waals surface area (Å²) < 4.78 is 0. The summed E-state index contributed by atoms with van der Waals surface area (Å²) in [5.41, 5.74) is 1.62. The highest BCUT2D eigenvalue weighted by atomic mass is 35.5. The second kappa shape index (κ2) is 6.21. The van der Waals surface area contributed by atoms with E-state index in [9.17, 15) is 4.79 Å². The van der Waals surface area contributed by atoms with Crippen LogP contribution in [-0.2, 0) is 0 Å². The van der Waals surface area contributed by atoms with Gasteiger partial charge >= 0.3 is 0 Å². The van der Waals surface area contributed by atoms with Crippen molar-refractivity contribution in [2.24, 2.45) is 0 Å². The molecule has 0 radical (unpaired) electrons. The van der Waals surface area contributed by atoms with Crippen molar-refractivity contribution in [2.75, 3.05) is 13.1 Å². The number of rotatable bonds is 4. The van der Waals surface area contributed by atoms with Crippen molar-refractivity contribution in [1.29, 1.82) is 0 Å². The van der Waals surface area contributed by atoms with E-state index in [0.717, 1.165) is 18.5 Å². The van der Waals surface area contributed by atoms with Crippen LogP contribution in [-0.4, -0.2) is 25.0 Å². The Morgan fingerprint density at radius 3 is 3.11 bits per heavy atom. The molecule has 0 bridgehead atoms. The number of halogens is 1. The molecule has 1 amide bonds. The van der Waals surface area contributed by atoms with E-state index in [0.29, 0.717) is 23.2 Å². The van der Waals surface area contributed by atoms with E-state index in [1.165, 1.54) is 12.8 Å². The van der Waals surface area contributed by atoms with Gasteiger partial charge in [-0.1, -0.05) is 17.7 Å². The number of benzene rings is 1. The summed E-state index contributed by atoms with van der Waals surface area (Å²) in [5, 5.41) is 6.97. The third kappa shape index (κ3) is 3.47. The Kier molecular flexibility index (Phi) is 4.61. The lowest BCUT2D eigenvalue weighted by Gasteiger charge is -2.11. The molecule has 2 N–H and O–H groups in total. The zero-order valence-corrected chi connectivity index (χ0v) is 11.4. The van der Waals surface area contributed by atoms with E-state index in [2.05, 4.69) is 10.6 Å². The molecule has 1 aliphatic rings. The molecule has 98 valence electrons. The first kappa shape index (κ1) is 13.4. The SMILES string of the molecule is Cc1ccc(Cl)cc1C(=O)NCCC1CCCN1. The number of aryl methyl sites for hydroxylation is 1. The molecule has 0 spiro atoms. The topological polar surface area (TPSA) is 41.1 Å². The predicted octanol–water partition coefficient (Wildman–Crippen LogP) is 2.52. The van der Waals surface area contributed by atoms with E-state index in [-0.39, 0.29) is 5.91 Å². The molecule has 0 aromatic heterocycles. The third-order valence-electron chi connectivity index (χ3n) is 3.38. The second-order valence-corrected chi connectivity index (χ2v) is 5.23. The van der Waals surface area contributed by atoms with Crippen LogP contribution in [0.3, 0.4) is 0 Å². The standard InChI is InChI=1S/C14H19ClN2O/c1-10-4-5-11(15)9-13(10)14(18)17-8-6-12-3-2-7-16-12/h4-5,9,12,16H,2-3,6-8H2,1H3,(H,17,18). The highest BCUT2D eigenvalue weighted by molar-refractivity contribution is 6.31. The van der Waals surface area contributed by atoms with Crippen LogP contribution in [0.15, 0.2) is 18.2 Å². The average molecular weight is 267 g/mol. The molecule has 1 aliphatic heterocycles. The van der Waals surface area contributed by atoms with Gasteiger partial charge < -0.3 is 10.6 Å². The molecular weight excluding hydrogens is 248 g/mol. The summed E-state index contributed by atoms with van der Waals surface area (Å²) in [7, 11) is 0. The summed E-state index contributed by atoms with van der Waals surface area (Å²) >= 11 is 5.91. The van der Waals surface area contributed by atoms with Crippen molar-refractivity contribution in [1.82, 2.24) is 10.6 Å². The Balaban J connectivity index is 1.85. The van der Waals surface area contributed by atoms with Crippen molar-refractivity contribution in [3.63, 3.8) is 0 Å². The lowest BCUT2D eigenvalue weighted by atomic mass is 10.1. The van der Waals surface area contributed by atoms with Crippen LogP contribution in [0.2, 0.25) is 5.02 Å². The molecule has 2 rings (SSSR count). The molecule has 3 nitrogen and oxygen atoms in total. The first-order valence-electron chi connectivity index (χ1n) is 6.44. The van der Waals surface area contributed by atoms with Gasteiger partial charge in [0.15, 0.2) is 0 Å². The molecule has 18 heavy (non-hydrogen) atoms. The number of nitrogens with one attached hydrogen (secondary N) is 2. The predicted molar refractivity (Wildman–Crippen MR) is 74.2 cm³/mol. The Morgan fingerprint density at radius 1 is 1.56 bits per heavy atom. The summed E-state index contributed by atoms with van der Waals surface area (Å²) in [4.78, 5) is 12.0. The molecular formula is C14H19ClN2O. The van der Waals surface area contributed by atoms with Crippen molar-refractivity contribution in [3.05, 3.63) is 34.3 Å². The van der Waals surface area contributed by atoms with E-state index >= 15 is 0 Å². The Bertz CT molecular complexity index is 428. The zero-order chi connectivity index (χ0) is 13.0. The molecule has 0 saturated carbocycles. The molecule has 1 saturated heterocycles. The average Bonchev–Trinajstić information content (AvgIpc) is 2.85. The summed E-state index contributed by atoms with van der Waals surface area (Å²) in [6.07, 6.45) is 3.45. The number of carbonyl (C=O) groups is 1. The highest BCUT2D eigenvalue weighted by Crippen LogP contribution is 2.15. The summed E-state index contributed by atoms with van der Waals surface area (Å²) in [5.74, 6) is -0.0343. The van der Waals surface area contributed by atoms with Crippen LogP contribution in [0.4, 0.5) is 0 Å². The quantitative estimate of drug-likeness (QED) is 0.879. The molecule has 1 unspecified atom stereocenters. The number of amides is 1. The Labute approximate surface area is 113 Å². The van der Waals surface area contributed by atoms with E-state index in [1.54, 1.807) is 12.1 Å². The van der Waals surface area contributed by atoms with E-state index in [1.807, 2.05) is 13.0 Å². The minimum absolute atomic E-state index is 0.0343. The lowest BCUT2D eigenvalue weighted by molar-refractivity contribution is 0.0951. The van der Waals surface area contributed by atoms with Gasteiger partial charge in [0.2, 0.25) is 0 Å². The van der Waals surface area contributed by atoms with Crippen LogP contribution in [0.25, 0.3) is 0 Å². The van der Waals surface area contributed by atoms with Crippen molar-refractivity contribution < 1.29 is 4.79 Å². The number of hydrogen-bond acceptors (Lipinski definition) is 2. The summed E-state index contributed by atoms with van der Waals surface area (Å²) in [6.45, 7) is 3.73. The molecule has 4 heteroatoms. The third-order valence-corrected chi connectivity index (χ3v) is 3.62. The van der Waals surface area contributed by atoms with E-state index < -0.39 is 0 Å². The molecule has 1 heterocycles. The molecule has 1 fully saturated rings. The van der Waals surface area contributed by atoms with Crippen LogP contribution in [0, 0.1) is 6.92 Å². The van der Waals surface area contributed by atoms with Crippen molar-refractivity contribution >= 4 is 17.5 Å². The van der Waals surface area contributed by atoms with E-state index in [4.69, 9.17) is 11.6 Å². The lowest BCUT2D eigenvalue weighted by Crippen LogP contribution is -2.30. The fraction of sp³-hybridized carbons (Fsp3) is 0.500. The minimum Gasteiger partial charge on any atom is -0.352 e. The van der Waals surface area contributed by atoms with Gasteiger partial charge in [-0.15, -0.1) is 0 Å². The molecule has 0 aliphatic carbocycles. The maximum absolute atomic E-state index is 12.0. The van der Waals surface area contributed by atoms with Crippen LogP contribution < -0.4 is 10.6 Å². The molecule has 1 aromatic carbocycles. The molecule has 1 aromatic rings. The van der Waals surface area contributed by atoms with Gasteiger partial charge in [0.05, 0.1) is 0 Å². The largest absolute Gasteiger partial charge is 0.352 e. The van der Waals surface area contributed by atoms with Gasteiger partial charge in [-0.3, -0.25) is 4.79 Å². The first-order valence-corrected chi connectivity index (χ1v) is 6.82. The summed E-state index contributed by atoms with van der Waals surface area (Å²) in [6, 6.07) is 5.96. The van der Waals surface area contributed by atoms with Crippen LogP contribution in [0.5, 0.6) is 0 Å². The van der Waals surface area contributed by atoms with Crippen LogP contribution >= 0.6 is 11.6 Å². The van der Waals surface area contributed by atoms with Gasteiger partial charge in [0.1, 0.15) is 0 Å². The smallest absolute Gasteiger partial charge is 0.251 e. The van der Waals surface area contributed by atoms with Crippen LogP contribution in [0.1, 0.15) is 35.2 Å². The van der Waals surface area contributed by atoms with Crippen molar-refractivity contribution in [2.45, 2.75) is 32.2 Å². The monoisotopic (exact) mass is 266 g/mol. The highest BCUT2D eigenvalue weighted by Gasteiger charge is 2.14. The van der Waals surface area contributed by atoms with Gasteiger partial charge in [0, 0.05) is 23.2 Å². The fourth-order valence-corrected chi connectivity index (χ4v) is 2.47.